The van der Waals surface area contributed by atoms with Crippen LogP contribution >= 0.6 is 0 Å². The Morgan fingerprint density at radius 3 is 1.38 bits per heavy atom. The fraction of sp³-hybridized carbons (Fsp3) is 0.453. The lowest BCUT2D eigenvalue weighted by atomic mass is 9.66. The molecular weight excluding hydrogens is 823 g/mol. The minimum absolute atomic E-state index is 0.0636. The van der Waals surface area contributed by atoms with Crippen molar-refractivity contribution in [1.82, 2.24) is 0 Å². The predicted octanol–water partition coefficient (Wildman–Crippen LogP) is 12.1. The van der Waals surface area contributed by atoms with Crippen LogP contribution in [0.3, 0.4) is 0 Å². The van der Waals surface area contributed by atoms with Crippen molar-refractivity contribution in [2.24, 2.45) is 5.16 Å². The monoisotopic (exact) mass is 889 g/mol. The molecule has 4 aromatic rings. The molecule has 5 rings (SSSR count). The molecule has 10 nitrogen and oxygen atoms in total. The Labute approximate surface area is 381 Å². The minimum atomic E-state index is -1.39. The van der Waals surface area contributed by atoms with Crippen LogP contribution in [-0.4, -0.2) is 50.7 Å². The number of nitrogens with zero attached hydrogens (tertiary/aromatic N) is 1. The number of ether oxygens (including phenoxy) is 4. The van der Waals surface area contributed by atoms with Crippen LogP contribution in [-0.2, 0) is 34.8 Å². The van der Waals surface area contributed by atoms with Gasteiger partial charge in [0.15, 0.2) is 0 Å². The molecule has 0 N–H and O–H groups in total. The standard InChI is InChI=1S/C53H67NO9Si/c1-9-10-35-53(41-23-27-43(59-5)28-24-41,48-36-47(63-54-48)37-64(6,7)8)42-25-33-46(34-26-42)62-51(58)18-14-13-17-50(57)61-45-31-21-40(22-32-45)52(3,4)39-19-29-44(30-20-39)60-49(56)16-12-11-15-38(2)55/h19-34,47H,9-18,35-37H2,1-8H3. The van der Waals surface area contributed by atoms with E-state index in [0.717, 1.165) is 65.4 Å². The van der Waals surface area contributed by atoms with Crippen molar-refractivity contribution in [3.8, 4) is 23.0 Å². The van der Waals surface area contributed by atoms with E-state index in [1.807, 2.05) is 60.7 Å². The number of benzene rings is 4. The number of oxime groups is 1. The predicted molar refractivity (Wildman–Crippen MR) is 254 cm³/mol. The second-order valence-corrected chi connectivity index (χ2v) is 24.2. The van der Waals surface area contributed by atoms with Gasteiger partial charge in [-0.2, -0.15) is 0 Å². The molecule has 2 atom stereocenters. The molecule has 64 heavy (non-hydrogen) atoms. The van der Waals surface area contributed by atoms with Crippen molar-refractivity contribution in [3.63, 3.8) is 0 Å². The number of hydrogen-bond acceptors (Lipinski definition) is 10. The van der Waals surface area contributed by atoms with Gasteiger partial charge in [0.25, 0.3) is 0 Å². The summed E-state index contributed by atoms with van der Waals surface area (Å²) in [6, 6.07) is 32.0. The van der Waals surface area contributed by atoms with E-state index < -0.39 is 13.5 Å². The number of hydrogen-bond donors (Lipinski definition) is 0. The van der Waals surface area contributed by atoms with E-state index in [-0.39, 0.29) is 54.5 Å². The topological polar surface area (TPSA) is 127 Å². The number of rotatable bonds is 24. The third-order valence-electron chi connectivity index (χ3n) is 11.9. The normalized spacial score (nSPS) is 14.8. The smallest absolute Gasteiger partial charge is 0.311 e. The molecule has 0 radical (unpaired) electrons. The molecule has 0 saturated carbocycles. The third-order valence-corrected chi connectivity index (χ3v) is 13.6. The Kier molecular flexibility index (Phi) is 17.7. The van der Waals surface area contributed by atoms with Crippen LogP contribution in [0.15, 0.2) is 102 Å². The first kappa shape index (κ1) is 49.5. The number of ketones is 1. The Morgan fingerprint density at radius 1 is 0.609 bits per heavy atom. The maximum absolute atomic E-state index is 12.9. The number of Topliss-reactive ketones (excluding diaryl/α,β-unsaturated/α-hetero) is 1. The lowest BCUT2D eigenvalue weighted by Gasteiger charge is -2.35. The van der Waals surface area contributed by atoms with E-state index in [2.05, 4.69) is 52.5 Å². The third kappa shape index (κ3) is 14.0. The lowest BCUT2D eigenvalue weighted by Crippen LogP contribution is -2.38. The molecular formula is C53H67NO9Si. The molecule has 11 heteroatoms. The van der Waals surface area contributed by atoms with Crippen molar-refractivity contribution in [1.29, 1.82) is 0 Å². The largest absolute Gasteiger partial charge is 0.497 e. The van der Waals surface area contributed by atoms with E-state index in [9.17, 15) is 19.2 Å². The molecule has 1 aliphatic rings. The average molecular weight is 890 g/mol. The van der Waals surface area contributed by atoms with Gasteiger partial charge in [0.2, 0.25) is 0 Å². The maximum Gasteiger partial charge on any atom is 0.311 e. The molecule has 0 spiro atoms. The van der Waals surface area contributed by atoms with Crippen LogP contribution in [0, 0.1) is 0 Å². The van der Waals surface area contributed by atoms with Crippen LogP contribution in [0.5, 0.6) is 23.0 Å². The zero-order valence-corrected chi connectivity index (χ0v) is 40.1. The summed E-state index contributed by atoms with van der Waals surface area (Å²) in [4.78, 5) is 55.1. The number of carbonyl (C=O) groups is 4. The highest BCUT2D eigenvalue weighted by atomic mass is 28.3. The van der Waals surface area contributed by atoms with Crippen molar-refractivity contribution < 1.29 is 43.0 Å². The molecule has 0 amide bonds. The summed E-state index contributed by atoms with van der Waals surface area (Å²) in [5.41, 5.74) is 4.38. The summed E-state index contributed by atoms with van der Waals surface area (Å²) in [6.45, 7) is 15.0. The molecule has 2 unspecified atom stereocenters. The number of carbonyl (C=O) groups excluding carboxylic acids is 4. The highest BCUT2D eigenvalue weighted by Crippen LogP contribution is 2.44. The SMILES string of the molecule is CCCCC(C1=NOC(C[Si](C)(C)C)C1)(c1ccc(OC)cc1)c1ccc(OC(=O)CCCCC(=O)Oc2ccc(C(C)(C)c3ccc(OC(=O)CCCCC(C)=O)cc3)cc2)cc1. The average Bonchev–Trinajstić information content (AvgIpc) is 3.72. The Hall–Kier alpha value is -5.55. The summed E-state index contributed by atoms with van der Waals surface area (Å²) in [7, 11) is 0.281. The molecule has 0 fully saturated rings. The first-order chi connectivity index (χ1) is 30.5. The van der Waals surface area contributed by atoms with Gasteiger partial charge in [0.05, 0.1) is 18.2 Å². The Balaban J connectivity index is 1.11. The number of esters is 3. The van der Waals surface area contributed by atoms with E-state index in [0.29, 0.717) is 49.4 Å². The van der Waals surface area contributed by atoms with Gasteiger partial charge in [0, 0.05) is 45.6 Å². The molecule has 1 aliphatic heterocycles. The van der Waals surface area contributed by atoms with Gasteiger partial charge in [0.1, 0.15) is 34.9 Å². The molecule has 0 aliphatic carbocycles. The van der Waals surface area contributed by atoms with Crippen molar-refractivity contribution in [2.75, 3.05) is 7.11 Å². The van der Waals surface area contributed by atoms with Crippen LogP contribution < -0.4 is 18.9 Å². The molecule has 0 aromatic heterocycles. The summed E-state index contributed by atoms with van der Waals surface area (Å²) in [6.07, 6.45) is 7.03. The van der Waals surface area contributed by atoms with Gasteiger partial charge in [-0.1, -0.05) is 107 Å². The lowest BCUT2D eigenvalue weighted by molar-refractivity contribution is -0.136. The van der Waals surface area contributed by atoms with Crippen LogP contribution in [0.4, 0.5) is 0 Å². The quantitative estimate of drug-likeness (QED) is 0.0292. The summed E-state index contributed by atoms with van der Waals surface area (Å²) in [5, 5.41) is 4.78. The zero-order chi connectivity index (χ0) is 46.3. The molecule has 0 saturated heterocycles. The number of unbranched alkanes of at least 4 members (excludes halogenated alkanes) is 3. The molecule has 342 valence electrons. The Morgan fingerprint density at radius 2 is 1.00 bits per heavy atom. The fourth-order valence-corrected chi connectivity index (χ4v) is 9.89. The highest BCUT2D eigenvalue weighted by Gasteiger charge is 2.44. The maximum atomic E-state index is 12.9. The first-order valence-corrected chi connectivity index (χ1v) is 26.5. The van der Waals surface area contributed by atoms with Crippen molar-refractivity contribution >= 4 is 37.5 Å². The molecule has 4 aromatic carbocycles. The van der Waals surface area contributed by atoms with E-state index >= 15 is 0 Å². The van der Waals surface area contributed by atoms with Gasteiger partial charge in [-0.25, -0.2) is 0 Å². The first-order valence-electron chi connectivity index (χ1n) is 22.8. The Bertz CT molecular complexity index is 2190. The second kappa shape index (κ2) is 22.9. The van der Waals surface area contributed by atoms with Gasteiger partial charge in [-0.3, -0.25) is 14.4 Å². The van der Waals surface area contributed by atoms with Gasteiger partial charge >= 0.3 is 17.9 Å². The second-order valence-electron chi connectivity index (χ2n) is 18.7. The minimum Gasteiger partial charge on any atom is -0.497 e. The fourth-order valence-electron chi connectivity index (χ4n) is 8.31. The summed E-state index contributed by atoms with van der Waals surface area (Å²) < 4.78 is 22.4. The highest BCUT2D eigenvalue weighted by molar-refractivity contribution is 6.76. The van der Waals surface area contributed by atoms with Crippen LogP contribution in [0.2, 0.25) is 25.7 Å². The summed E-state index contributed by atoms with van der Waals surface area (Å²) >= 11 is 0. The van der Waals surface area contributed by atoms with E-state index in [4.69, 9.17) is 28.9 Å². The van der Waals surface area contributed by atoms with Crippen LogP contribution in [0.1, 0.15) is 127 Å². The molecule has 0 bridgehead atoms. The van der Waals surface area contributed by atoms with Crippen molar-refractivity contribution in [2.45, 2.75) is 147 Å². The van der Waals surface area contributed by atoms with E-state index in [1.165, 1.54) is 0 Å². The van der Waals surface area contributed by atoms with Gasteiger partial charge in [-0.15, -0.1) is 0 Å². The molecule has 1 heterocycles. The zero-order valence-electron chi connectivity index (χ0n) is 39.1. The van der Waals surface area contributed by atoms with Crippen LogP contribution in [0.25, 0.3) is 0 Å². The van der Waals surface area contributed by atoms with Gasteiger partial charge < -0.3 is 28.6 Å². The van der Waals surface area contributed by atoms with E-state index in [1.54, 1.807) is 38.3 Å². The van der Waals surface area contributed by atoms with Crippen molar-refractivity contribution in [3.05, 3.63) is 119 Å². The summed E-state index contributed by atoms with van der Waals surface area (Å²) in [5.74, 6) is 1.26. The van der Waals surface area contributed by atoms with Gasteiger partial charge in [-0.05, 0) is 116 Å². The number of methoxy groups -OCH3 is 1.